The summed E-state index contributed by atoms with van der Waals surface area (Å²) in [6.07, 6.45) is -1.30. The van der Waals surface area contributed by atoms with Crippen molar-refractivity contribution in [2.24, 2.45) is 0 Å². The van der Waals surface area contributed by atoms with Crippen LogP contribution >= 0.6 is 0 Å². The minimum atomic E-state index is -4.27. The van der Waals surface area contributed by atoms with Crippen LogP contribution in [0.2, 0.25) is 0 Å². The number of allylic oxidation sites excluding steroid dienone is 1. The van der Waals surface area contributed by atoms with Gasteiger partial charge in [-0.25, -0.2) is 0 Å². The quantitative estimate of drug-likeness (QED) is 0.627. The van der Waals surface area contributed by atoms with E-state index >= 15 is 0 Å². The van der Waals surface area contributed by atoms with Crippen LogP contribution in [0.3, 0.4) is 0 Å². The van der Waals surface area contributed by atoms with Crippen molar-refractivity contribution in [3.8, 4) is 0 Å². The van der Waals surface area contributed by atoms with Gasteiger partial charge in [0.05, 0.1) is 5.56 Å². The van der Waals surface area contributed by atoms with Gasteiger partial charge in [0.15, 0.2) is 0 Å². The molecule has 0 unspecified atom stereocenters. The molecular formula is C10H8F3. The number of rotatable bonds is 1. The lowest BCUT2D eigenvalue weighted by Crippen LogP contribution is -2.04. The molecule has 0 amide bonds. The molecule has 0 aliphatic heterocycles. The summed E-state index contributed by atoms with van der Waals surface area (Å²) in [6.45, 7) is 3.41. The van der Waals surface area contributed by atoms with Gasteiger partial charge >= 0.3 is 6.18 Å². The largest absolute Gasteiger partial charge is 0.416 e. The van der Waals surface area contributed by atoms with Crippen molar-refractivity contribution in [1.82, 2.24) is 0 Å². The maximum atomic E-state index is 12.2. The molecule has 3 heteroatoms. The Labute approximate surface area is 74.7 Å². The van der Waals surface area contributed by atoms with Gasteiger partial charge in [0.2, 0.25) is 0 Å². The maximum absolute atomic E-state index is 12.2. The van der Waals surface area contributed by atoms with E-state index in [0.717, 1.165) is 12.1 Å². The molecule has 0 bridgehead atoms. The van der Waals surface area contributed by atoms with Gasteiger partial charge in [-0.3, -0.25) is 0 Å². The first-order valence-corrected chi connectivity index (χ1v) is 3.67. The fourth-order valence-corrected chi connectivity index (χ4v) is 0.955. The lowest BCUT2D eigenvalue weighted by molar-refractivity contribution is -0.137. The lowest BCUT2D eigenvalue weighted by Gasteiger charge is -2.06. The summed E-state index contributed by atoms with van der Waals surface area (Å²) in [5.74, 6) is 0. The van der Waals surface area contributed by atoms with E-state index in [1.54, 1.807) is 6.07 Å². The van der Waals surface area contributed by atoms with Crippen molar-refractivity contribution in [3.05, 3.63) is 48.4 Å². The highest BCUT2D eigenvalue weighted by Gasteiger charge is 2.30. The van der Waals surface area contributed by atoms with Crippen LogP contribution in [0.5, 0.6) is 0 Å². The second kappa shape index (κ2) is 3.64. The highest BCUT2D eigenvalue weighted by Crippen LogP contribution is 2.29. The summed E-state index contributed by atoms with van der Waals surface area (Å²) >= 11 is 0. The third kappa shape index (κ3) is 2.61. The summed E-state index contributed by atoms with van der Waals surface area (Å²) < 4.78 is 36.5. The average Bonchev–Trinajstić information content (AvgIpc) is 2.04. The van der Waals surface area contributed by atoms with E-state index in [4.69, 9.17) is 0 Å². The Morgan fingerprint density at radius 3 is 2.46 bits per heavy atom. The van der Waals surface area contributed by atoms with Gasteiger partial charge in [0.1, 0.15) is 0 Å². The Hall–Kier alpha value is -1.25. The van der Waals surface area contributed by atoms with Gasteiger partial charge < -0.3 is 0 Å². The summed E-state index contributed by atoms with van der Waals surface area (Å²) in [7, 11) is 0. The number of alkyl halides is 3. The molecule has 0 nitrogen and oxygen atoms in total. The summed E-state index contributed by atoms with van der Waals surface area (Å²) in [5, 5.41) is 0. The summed E-state index contributed by atoms with van der Waals surface area (Å²) in [4.78, 5) is 0. The van der Waals surface area contributed by atoms with E-state index in [9.17, 15) is 13.2 Å². The molecule has 0 spiro atoms. The van der Waals surface area contributed by atoms with Gasteiger partial charge in [0, 0.05) is 0 Å². The van der Waals surface area contributed by atoms with Crippen LogP contribution in [0.25, 0.3) is 6.08 Å². The Morgan fingerprint density at radius 2 is 1.92 bits per heavy atom. The number of hydrogen-bond acceptors (Lipinski definition) is 0. The van der Waals surface area contributed by atoms with E-state index in [1.807, 2.05) is 0 Å². The van der Waals surface area contributed by atoms with Crippen molar-refractivity contribution in [2.75, 3.05) is 0 Å². The fourth-order valence-electron chi connectivity index (χ4n) is 0.955. The highest BCUT2D eigenvalue weighted by atomic mass is 19.4. The molecule has 1 radical (unpaired) electrons. The van der Waals surface area contributed by atoms with Crippen molar-refractivity contribution < 1.29 is 13.2 Å². The smallest absolute Gasteiger partial charge is 0.166 e. The van der Waals surface area contributed by atoms with E-state index in [-0.39, 0.29) is 0 Å². The molecule has 69 valence electrons. The first-order chi connectivity index (χ1) is 6.04. The van der Waals surface area contributed by atoms with Gasteiger partial charge in [-0.05, 0) is 24.6 Å². The molecule has 0 N–H and O–H groups in total. The number of halogens is 3. The third-order valence-electron chi connectivity index (χ3n) is 1.52. The topological polar surface area (TPSA) is 0 Å². The SMILES string of the molecule is [CH2]/C=C/c1cccc(C(F)(F)F)c1. The zero-order chi connectivity index (χ0) is 9.90. The Morgan fingerprint density at radius 1 is 1.23 bits per heavy atom. The van der Waals surface area contributed by atoms with Crippen LogP contribution in [0.1, 0.15) is 11.1 Å². The summed E-state index contributed by atoms with van der Waals surface area (Å²) in [5.41, 5.74) is -0.132. The zero-order valence-electron chi connectivity index (χ0n) is 6.81. The standard InChI is InChI=1S/C10H8F3/c1-2-4-8-5-3-6-9(7-8)10(11,12)13/h2-7H,1H2/b4-2+. The molecule has 0 saturated carbocycles. The van der Waals surface area contributed by atoms with Crippen LogP contribution in [-0.2, 0) is 6.18 Å². The van der Waals surface area contributed by atoms with Crippen molar-refractivity contribution in [2.45, 2.75) is 6.18 Å². The molecule has 1 rings (SSSR count). The van der Waals surface area contributed by atoms with E-state index in [1.165, 1.54) is 18.2 Å². The van der Waals surface area contributed by atoms with Crippen LogP contribution < -0.4 is 0 Å². The lowest BCUT2D eigenvalue weighted by atomic mass is 10.1. The number of benzene rings is 1. The first kappa shape index (κ1) is 9.84. The van der Waals surface area contributed by atoms with Crippen molar-refractivity contribution >= 4 is 6.08 Å². The Kier molecular flexibility index (Phi) is 2.76. The molecule has 0 atom stereocenters. The van der Waals surface area contributed by atoms with Gasteiger partial charge in [0.25, 0.3) is 0 Å². The molecule has 0 aliphatic carbocycles. The third-order valence-corrected chi connectivity index (χ3v) is 1.52. The van der Waals surface area contributed by atoms with Gasteiger partial charge in [-0.15, -0.1) is 0 Å². The van der Waals surface area contributed by atoms with Gasteiger partial charge in [-0.1, -0.05) is 24.3 Å². The molecule has 0 saturated heterocycles. The fraction of sp³-hybridized carbons (Fsp3) is 0.100. The van der Waals surface area contributed by atoms with Gasteiger partial charge in [-0.2, -0.15) is 13.2 Å². The highest BCUT2D eigenvalue weighted by molar-refractivity contribution is 5.51. The van der Waals surface area contributed by atoms with E-state index < -0.39 is 11.7 Å². The Balaban J connectivity index is 3.05. The van der Waals surface area contributed by atoms with Crippen LogP contribution in [0.15, 0.2) is 30.3 Å². The van der Waals surface area contributed by atoms with Crippen molar-refractivity contribution in [1.29, 1.82) is 0 Å². The molecular weight excluding hydrogens is 177 g/mol. The maximum Gasteiger partial charge on any atom is 0.416 e. The monoisotopic (exact) mass is 185 g/mol. The van der Waals surface area contributed by atoms with Crippen molar-refractivity contribution in [3.63, 3.8) is 0 Å². The average molecular weight is 185 g/mol. The molecule has 1 aromatic carbocycles. The molecule has 0 heterocycles. The van der Waals surface area contributed by atoms with Crippen LogP contribution in [-0.4, -0.2) is 0 Å². The normalized spacial score (nSPS) is 12.3. The molecule has 0 aliphatic rings. The zero-order valence-corrected chi connectivity index (χ0v) is 6.81. The first-order valence-electron chi connectivity index (χ1n) is 3.67. The molecule has 13 heavy (non-hydrogen) atoms. The van der Waals surface area contributed by atoms with E-state index in [0.29, 0.717) is 5.56 Å². The van der Waals surface area contributed by atoms with Crippen LogP contribution in [0, 0.1) is 6.92 Å². The predicted octanol–water partition coefficient (Wildman–Crippen LogP) is 3.55. The molecule has 0 fully saturated rings. The second-order valence-electron chi connectivity index (χ2n) is 2.53. The Bertz CT molecular complexity index is 310. The van der Waals surface area contributed by atoms with Crippen LogP contribution in [0.4, 0.5) is 13.2 Å². The molecule has 1 aromatic rings. The van der Waals surface area contributed by atoms with E-state index in [2.05, 4.69) is 6.92 Å². The molecule has 0 aromatic heterocycles. The minimum absolute atomic E-state index is 0.504. The summed E-state index contributed by atoms with van der Waals surface area (Å²) in [6, 6.07) is 5.09. The predicted molar refractivity (Wildman–Crippen MR) is 45.8 cm³/mol. The second-order valence-corrected chi connectivity index (χ2v) is 2.53. The number of hydrogen-bond donors (Lipinski definition) is 0. The minimum Gasteiger partial charge on any atom is -0.166 e.